The number of hydrogen-bond acceptors (Lipinski definition) is 4. The van der Waals surface area contributed by atoms with Crippen LogP contribution in [-0.2, 0) is 6.54 Å². The number of aromatic nitrogens is 2. The number of nitrogens with zero attached hydrogens (tertiary/aromatic N) is 3. The maximum absolute atomic E-state index is 13.8. The van der Waals surface area contributed by atoms with E-state index in [9.17, 15) is 14.0 Å². The smallest absolute Gasteiger partial charge is 0.267 e. The van der Waals surface area contributed by atoms with Crippen LogP contribution in [0.2, 0.25) is 5.02 Å². The minimum absolute atomic E-state index is 0.0650. The summed E-state index contributed by atoms with van der Waals surface area (Å²) in [6.07, 6.45) is 2.78. The Morgan fingerprint density at radius 1 is 1.25 bits per heavy atom. The zero-order valence-corrected chi connectivity index (χ0v) is 15.9. The van der Waals surface area contributed by atoms with Gasteiger partial charge in [0, 0.05) is 17.5 Å². The van der Waals surface area contributed by atoms with Crippen LogP contribution in [0.4, 0.5) is 4.39 Å². The SMILES string of the molecule is CCCCn1nc(C(=O)N/N=C/c2c(F)cccc2Cl)c2ccccc2c1=O. The number of rotatable bonds is 6. The molecule has 0 saturated heterocycles. The van der Waals surface area contributed by atoms with E-state index in [-0.39, 0.29) is 21.8 Å². The molecule has 1 heterocycles. The molecule has 0 unspecified atom stereocenters. The molecule has 1 amide bonds. The van der Waals surface area contributed by atoms with Crippen LogP contribution in [0, 0.1) is 5.82 Å². The maximum Gasteiger partial charge on any atom is 0.292 e. The van der Waals surface area contributed by atoms with Crippen molar-refractivity contribution in [3.8, 4) is 0 Å². The minimum Gasteiger partial charge on any atom is -0.267 e. The van der Waals surface area contributed by atoms with Gasteiger partial charge in [0.05, 0.1) is 16.6 Å². The Labute approximate surface area is 165 Å². The third-order valence-corrected chi connectivity index (χ3v) is 4.50. The summed E-state index contributed by atoms with van der Waals surface area (Å²) in [5, 5.41) is 9.01. The summed E-state index contributed by atoms with van der Waals surface area (Å²) >= 11 is 5.93. The van der Waals surface area contributed by atoms with E-state index < -0.39 is 11.7 Å². The molecule has 0 aliphatic heterocycles. The first-order chi connectivity index (χ1) is 13.5. The molecule has 0 aliphatic rings. The molecule has 1 aromatic heterocycles. The van der Waals surface area contributed by atoms with E-state index in [1.807, 2.05) is 6.92 Å². The normalized spacial score (nSPS) is 11.2. The fourth-order valence-corrected chi connectivity index (χ4v) is 2.92. The number of unbranched alkanes of at least 4 members (excludes halogenated alkanes) is 1. The lowest BCUT2D eigenvalue weighted by Gasteiger charge is -2.09. The lowest BCUT2D eigenvalue weighted by Crippen LogP contribution is -2.29. The van der Waals surface area contributed by atoms with Gasteiger partial charge in [-0.15, -0.1) is 0 Å². The number of halogens is 2. The topological polar surface area (TPSA) is 76.3 Å². The summed E-state index contributed by atoms with van der Waals surface area (Å²) in [7, 11) is 0. The molecule has 0 aliphatic carbocycles. The number of carbonyl (C=O) groups is 1. The van der Waals surface area contributed by atoms with Gasteiger partial charge in [0.2, 0.25) is 0 Å². The summed E-state index contributed by atoms with van der Waals surface area (Å²) in [5.41, 5.74) is 2.21. The van der Waals surface area contributed by atoms with Crippen LogP contribution in [-0.4, -0.2) is 21.9 Å². The van der Waals surface area contributed by atoms with Crippen molar-refractivity contribution in [2.45, 2.75) is 26.3 Å². The number of aryl methyl sites for hydroxylation is 1. The van der Waals surface area contributed by atoms with Crippen LogP contribution in [0.5, 0.6) is 0 Å². The second kappa shape index (κ2) is 8.75. The predicted molar refractivity (Wildman–Crippen MR) is 107 cm³/mol. The van der Waals surface area contributed by atoms with Crippen molar-refractivity contribution in [1.29, 1.82) is 0 Å². The summed E-state index contributed by atoms with van der Waals surface area (Å²) in [6, 6.07) is 11.0. The van der Waals surface area contributed by atoms with Crippen LogP contribution in [0.25, 0.3) is 10.8 Å². The van der Waals surface area contributed by atoms with E-state index >= 15 is 0 Å². The lowest BCUT2D eigenvalue weighted by atomic mass is 10.1. The minimum atomic E-state index is -0.606. The van der Waals surface area contributed by atoms with Crippen molar-refractivity contribution < 1.29 is 9.18 Å². The van der Waals surface area contributed by atoms with Crippen LogP contribution in [0.1, 0.15) is 35.8 Å². The van der Waals surface area contributed by atoms with E-state index in [0.29, 0.717) is 17.3 Å². The van der Waals surface area contributed by atoms with Crippen molar-refractivity contribution in [2.24, 2.45) is 5.10 Å². The third kappa shape index (κ3) is 4.09. The van der Waals surface area contributed by atoms with Crippen LogP contribution in [0.3, 0.4) is 0 Å². The van der Waals surface area contributed by atoms with E-state index in [2.05, 4.69) is 15.6 Å². The molecule has 0 saturated carbocycles. The van der Waals surface area contributed by atoms with Crippen molar-refractivity contribution in [3.05, 3.63) is 74.9 Å². The van der Waals surface area contributed by atoms with Gasteiger partial charge in [-0.25, -0.2) is 14.5 Å². The fourth-order valence-electron chi connectivity index (χ4n) is 2.70. The average Bonchev–Trinajstić information content (AvgIpc) is 2.69. The Balaban J connectivity index is 1.94. The molecule has 0 radical (unpaired) electrons. The zero-order chi connectivity index (χ0) is 20.1. The molecule has 6 nitrogen and oxygen atoms in total. The van der Waals surface area contributed by atoms with E-state index in [4.69, 9.17) is 11.6 Å². The first-order valence-corrected chi connectivity index (χ1v) is 9.18. The van der Waals surface area contributed by atoms with Crippen molar-refractivity contribution in [2.75, 3.05) is 0 Å². The highest BCUT2D eigenvalue weighted by Gasteiger charge is 2.16. The monoisotopic (exact) mass is 400 g/mol. The largest absolute Gasteiger partial charge is 0.292 e. The molecule has 0 atom stereocenters. The Bertz CT molecular complexity index is 1090. The molecule has 8 heteroatoms. The van der Waals surface area contributed by atoms with Gasteiger partial charge < -0.3 is 0 Å². The van der Waals surface area contributed by atoms with Gasteiger partial charge in [0.15, 0.2) is 5.69 Å². The Morgan fingerprint density at radius 3 is 2.71 bits per heavy atom. The van der Waals surface area contributed by atoms with Gasteiger partial charge >= 0.3 is 0 Å². The van der Waals surface area contributed by atoms with Gasteiger partial charge in [-0.3, -0.25) is 9.59 Å². The van der Waals surface area contributed by atoms with Crippen molar-refractivity contribution >= 4 is 34.5 Å². The highest BCUT2D eigenvalue weighted by molar-refractivity contribution is 6.33. The van der Waals surface area contributed by atoms with Crippen molar-refractivity contribution in [3.63, 3.8) is 0 Å². The zero-order valence-electron chi connectivity index (χ0n) is 15.2. The third-order valence-electron chi connectivity index (χ3n) is 4.17. The first-order valence-electron chi connectivity index (χ1n) is 8.80. The number of fused-ring (bicyclic) bond motifs is 1. The molecule has 28 heavy (non-hydrogen) atoms. The number of amides is 1. The van der Waals surface area contributed by atoms with E-state index in [0.717, 1.165) is 19.1 Å². The number of hydrazone groups is 1. The number of carbonyl (C=O) groups excluding carboxylic acids is 1. The standard InChI is InChI=1S/C20H18ClFN4O2/c1-2-3-11-26-20(28)14-8-5-4-7-13(14)18(25-26)19(27)24-23-12-15-16(21)9-6-10-17(15)22/h4-10,12H,2-3,11H2,1H3,(H,24,27)/b23-12+. The molecule has 2 aromatic carbocycles. The van der Waals surface area contributed by atoms with Crippen LogP contribution in [0.15, 0.2) is 52.4 Å². The molecule has 0 bridgehead atoms. The van der Waals surface area contributed by atoms with Crippen molar-refractivity contribution in [1.82, 2.24) is 15.2 Å². The molecular weight excluding hydrogens is 383 g/mol. The van der Waals surface area contributed by atoms with Crippen LogP contribution < -0.4 is 11.0 Å². The van der Waals surface area contributed by atoms with Gasteiger partial charge in [0.1, 0.15) is 5.82 Å². The van der Waals surface area contributed by atoms with Gasteiger partial charge in [-0.1, -0.05) is 49.2 Å². The Morgan fingerprint density at radius 2 is 2.00 bits per heavy atom. The lowest BCUT2D eigenvalue weighted by molar-refractivity contribution is 0.0949. The Kier molecular flexibility index (Phi) is 6.16. The van der Waals surface area contributed by atoms with Gasteiger partial charge in [0.25, 0.3) is 11.5 Å². The summed E-state index contributed by atoms with van der Waals surface area (Å²) in [6.45, 7) is 2.41. The second-order valence-electron chi connectivity index (χ2n) is 6.11. The second-order valence-corrected chi connectivity index (χ2v) is 6.52. The van der Waals surface area contributed by atoms with Crippen LogP contribution >= 0.6 is 11.6 Å². The Hall–Kier alpha value is -3.06. The number of benzene rings is 2. The first kappa shape index (κ1) is 19.7. The molecule has 0 fully saturated rings. The number of nitrogens with one attached hydrogen (secondary N) is 1. The fraction of sp³-hybridized carbons (Fsp3) is 0.200. The molecule has 3 rings (SSSR count). The summed E-state index contributed by atoms with van der Waals surface area (Å²) in [4.78, 5) is 25.2. The average molecular weight is 401 g/mol. The maximum atomic E-state index is 13.8. The molecule has 1 N–H and O–H groups in total. The quantitative estimate of drug-likeness (QED) is 0.505. The number of hydrogen-bond donors (Lipinski definition) is 1. The molecule has 3 aromatic rings. The van der Waals surface area contributed by atoms with Gasteiger partial charge in [-0.05, 0) is 24.6 Å². The highest BCUT2D eigenvalue weighted by atomic mass is 35.5. The molecular formula is C20H18ClFN4O2. The molecule has 144 valence electrons. The molecule has 0 spiro atoms. The summed E-state index contributed by atoms with van der Waals surface area (Å²) in [5.74, 6) is -1.16. The van der Waals surface area contributed by atoms with E-state index in [1.54, 1.807) is 24.3 Å². The van der Waals surface area contributed by atoms with E-state index in [1.165, 1.54) is 22.9 Å². The van der Waals surface area contributed by atoms with Gasteiger partial charge in [-0.2, -0.15) is 10.2 Å². The summed E-state index contributed by atoms with van der Waals surface area (Å²) < 4.78 is 15.1. The predicted octanol–water partition coefficient (Wildman–Crippen LogP) is 3.75. The highest BCUT2D eigenvalue weighted by Crippen LogP contribution is 2.17.